The molecule has 2 aromatic carbocycles. The first-order valence-electron chi connectivity index (χ1n) is 8.40. The van der Waals surface area contributed by atoms with E-state index >= 15 is 0 Å². The fraction of sp³-hybridized carbons (Fsp3) is 0.350. The van der Waals surface area contributed by atoms with Crippen molar-refractivity contribution in [2.45, 2.75) is 20.3 Å². The molecular weight excluding hydrogens is 332 g/mol. The zero-order valence-electron chi connectivity index (χ0n) is 15.9. The molecule has 0 fully saturated rings. The Morgan fingerprint density at radius 1 is 1.00 bits per heavy atom. The second-order valence-electron chi connectivity index (χ2n) is 5.89. The minimum Gasteiger partial charge on any atom is -0.493 e. The summed E-state index contributed by atoms with van der Waals surface area (Å²) in [5, 5.41) is 6.16. The van der Waals surface area contributed by atoms with Crippen LogP contribution in [-0.4, -0.2) is 33.8 Å². The lowest BCUT2D eigenvalue weighted by atomic mass is 10.1. The maximum atomic E-state index is 12.2. The van der Waals surface area contributed by atoms with E-state index in [4.69, 9.17) is 14.2 Å². The van der Waals surface area contributed by atoms with Crippen molar-refractivity contribution in [3.8, 4) is 17.2 Å². The van der Waals surface area contributed by atoms with E-state index in [0.717, 1.165) is 5.69 Å². The lowest BCUT2D eigenvalue weighted by Gasteiger charge is -2.15. The quantitative estimate of drug-likeness (QED) is 0.752. The average Bonchev–Trinajstić information content (AvgIpc) is 2.64. The molecule has 0 bridgehead atoms. The van der Waals surface area contributed by atoms with E-state index in [1.807, 2.05) is 12.1 Å². The molecule has 140 valence electrons. The van der Waals surface area contributed by atoms with Crippen LogP contribution in [0.25, 0.3) is 0 Å². The van der Waals surface area contributed by atoms with Gasteiger partial charge >= 0.3 is 0 Å². The Labute approximate surface area is 154 Å². The van der Waals surface area contributed by atoms with Crippen molar-refractivity contribution in [3.63, 3.8) is 0 Å². The smallest absolute Gasteiger partial charge is 0.226 e. The molecule has 0 radical (unpaired) electrons. The highest BCUT2D eigenvalue weighted by atomic mass is 16.5. The standard InChI is InChI=1S/C20H26N2O4/c1-13-7-6-8-16(14(13)2)21-10-9-19(23)22-15-11-17(24-3)20(26-5)18(12-15)25-4/h6-8,11-12,21H,9-10H2,1-5H3,(H,22,23). The van der Waals surface area contributed by atoms with Gasteiger partial charge in [-0.3, -0.25) is 4.79 Å². The zero-order chi connectivity index (χ0) is 19.1. The lowest BCUT2D eigenvalue weighted by Crippen LogP contribution is -2.16. The first kappa shape index (κ1) is 19.4. The van der Waals surface area contributed by atoms with Crippen molar-refractivity contribution in [2.75, 3.05) is 38.5 Å². The Kier molecular flexibility index (Phi) is 6.72. The van der Waals surface area contributed by atoms with Crippen LogP contribution in [0.5, 0.6) is 17.2 Å². The van der Waals surface area contributed by atoms with Crippen LogP contribution in [0.3, 0.4) is 0 Å². The summed E-state index contributed by atoms with van der Waals surface area (Å²) in [6.45, 7) is 4.67. The number of hydrogen-bond donors (Lipinski definition) is 2. The van der Waals surface area contributed by atoms with E-state index in [0.29, 0.717) is 35.9 Å². The van der Waals surface area contributed by atoms with Crippen molar-refractivity contribution in [2.24, 2.45) is 0 Å². The third-order valence-electron chi connectivity index (χ3n) is 4.22. The van der Waals surface area contributed by atoms with E-state index in [1.165, 1.54) is 32.5 Å². The molecule has 0 atom stereocenters. The molecule has 6 heteroatoms. The minimum absolute atomic E-state index is 0.0999. The summed E-state index contributed by atoms with van der Waals surface area (Å²) in [6, 6.07) is 9.49. The van der Waals surface area contributed by atoms with Crippen molar-refractivity contribution < 1.29 is 19.0 Å². The van der Waals surface area contributed by atoms with Gasteiger partial charge in [0.05, 0.1) is 21.3 Å². The molecule has 2 N–H and O–H groups in total. The number of methoxy groups -OCH3 is 3. The van der Waals surface area contributed by atoms with E-state index in [-0.39, 0.29) is 5.91 Å². The van der Waals surface area contributed by atoms with Crippen LogP contribution in [0.2, 0.25) is 0 Å². The molecule has 0 saturated carbocycles. The second kappa shape index (κ2) is 8.99. The first-order valence-corrected chi connectivity index (χ1v) is 8.40. The third-order valence-corrected chi connectivity index (χ3v) is 4.22. The fourth-order valence-corrected chi connectivity index (χ4v) is 2.63. The van der Waals surface area contributed by atoms with Gasteiger partial charge in [0.2, 0.25) is 11.7 Å². The first-order chi connectivity index (χ1) is 12.5. The minimum atomic E-state index is -0.0999. The highest BCUT2D eigenvalue weighted by molar-refractivity contribution is 5.91. The third kappa shape index (κ3) is 4.59. The van der Waals surface area contributed by atoms with Gasteiger partial charge in [-0.1, -0.05) is 12.1 Å². The predicted octanol–water partition coefficient (Wildman–Crippen LogP) is 3.77. The number of benzene rings is 2. The molecule has 0 unspecified atom stereocenters. The number of amides is 1. The van der Waals surface area contributed by atoms with Crippen molar-refractivity contribution in [3.05, 3.63) is 41.5 Å². The van der Waals surface area contributed by atoms with Crippen LogP contribution >= 0.6 is 0 Å². The molecule has 0 saturated heterocycles. The number of ether oxygens (including phenoxy) is 3. The number of nitrogens with one attached hydrogen (secondary N) is 2. The van der Waals surface area contributed by atoms with Gasteiger partial charge in [-0.15, -0.1) is 0 Å². The highest BCUT2D eigenvalue weighted by Gasteiger charge is 2.14. The summed E-state index contributed by atoms with van der Waals surface area (Å²) in [5.74, 6) is 1.38. The summed E-state index contributed by atoms with van der Waals surface area (Å²) >= 11 is 0. The molecule has 0 heterocycles. The average molecular weight is 358 g/mol. The largest absolute Gasteiger partial charge is 0.493 e. The normalized spacial score (nSPS) is 10.2. The zero-order valence-corrected chi connectivity index (χ0v) is 15.9. The monoisotopic (exact) mass is 358 g/mol. The summed E-state index contributed by atoms with van der Waals surface area (Å²) < 4.78 is 15.9. The van der Waals surface area contributed by atoms with Gasteiger partial charge in [-0.25, -0.2) is 0 Å². The number of hydrogen-bond acceptors (Lipinski definition) is 5. The maximum absolute atomic E-state index is 12.2. The molecule has 0 aliphatic rings. The van der Waals surface area contributed by atoms with Gasteiger partial charge in [0.25, 0.3) is 0 Å². The van der Waals surface area contributed by atoms with Crippen LogP contribution in [-0.2, 0) is 4.79 Å². The van der Waals surface area contributed by atoms with E-state index < -0.39 is 0 Å². The van der Waals surface area contributed by atoms with Gasteiger partial charge in [-0.2, -0.15) is 0 Å². The number of anilines is 2. The Morgan fingerprint density at radius 3 is 2.23 bits per heavy atom. The molecule has 1 amide bonds. The molecule has 0 spiro atoms. The molecule has 6 nitrogen and oxygen atoms in total. The van der Waals surface area contributed by atoms with E-state index in [9.17, 15) is 4.79 Å². The second-order valence-corrected chi connectivity index (χ2v) is 5.89. The van der Waals surface area contributed by atoms with Crippen LogP contribution in [0.15, 0.2) is 30.3 Å². The Bertz CT molecular complexity index is 749. The summed E-state index contributed by atoms with van der Waals surface area (Å²) in [4.78, 5) is 12.2. The van der Waals surface area contributed by atoms with Gasteiger partial charge in [-0.05, 0) is 31.0 Å². The number of rotatable bonds is 8. The van der Waals surface area contributed by atoms with Crippen LogP contribution in [0.4, 0.5) is 11.4 Å². The van der Waals surface area contributed by atoms with Crippen molar-refractivity contribution >= 4 is 17.3 Å². The predicted molar refractivity (Wildman–Crippen MR) is 104 cm³/mol. The summed E-state index contributed by atoms with van der Waals surface area (Å²) in [7, 11) is 4.62. The van der Waals surface area contributed by atoms with Gasteiger partial charge in [0.1, 0.15) is 0 Å². The molecule has 0 aliphatic carbocycles. The number of carbonyl (C=O) groups excluding carboxylic acids is 1. The lowest BCUT2D eigenvalue weighted by molar-refractivity contribution is -0.115. The van der Waals surface area contributed by atoms with Gasteiger partial charge < -0.3 is 24.8 Å². The summed E-state index contributed by atoms with van der Waals surface area (Å²) in [5.41, 5.74) is 4.05. The maximum Gasteiger partial charge on any atom is 0.226 e. The summed E-state index contributed by atoms with van der Waals surface area (Å²) in [6.07, 6.45) is 0.337. The number of carbonyl (C=O) groups is 1. The molecule has 2 rings (SSSR count). The highest BCUT2D eigenvalue weighted by Crippen LogP contribution is 2.39. The van der Waals surface area contributed by atoms with Crippen molar-refractivity contribution in [1.82, 2.24) is 0 Å². The van der Waals surface area contributed by atoms with Crippen LogP contribution in [0, 0.1) is 13.8 Å². The van der Waals surface area contributed by atoms with E-state index in [1.54, 1.807) is 12.1 Å². The number of aryl methyl sites for hydroxylation is 1. The van der Waals surface area contributed by atoms with Gasteiger partial charge in [0, 0.05) is 36.5 Å². The molecule has 0 aromatic heterocycles. The molecule has 26 heavy (non-hydrogen) atoms. The topological polar surface area (TPSA) is 68.8 Å². The van der Waals surface area contributed by atoms with Gasteiger partial charge in [0.15, 0.2) is 11.5 Å². The van der Waals surface area contributed by atoms with Crippen molar-refractivity contribution in [1.29, 1.82) is 0 Å². The Hall–Kier alpha value is -2.89. The van der Waals surface area contributed by atoms with E-state index in [2.05, 4.69) is 30.5 Å². The Morgan fingerprint density at radius 2 is 1.65 bits per heavy atom. The SMILES string of the molecule is COc1cc(NC(=O)CCNc2cccc(C)c2C)cc(OC)c1OC. The molecule has 2 aromatic rings. The fourth-order valence-electron chi connectivity index (χ4n) is 2.63. The molecular formula is C20H26N2O4. The Balaban J connectivity index is 1.98. The van der Waals surface area contributed by atoms with Crippen LogP contribution in [0.1, 0.15) is 17.5 Å². The molecule has 0 aliphatic heterocycles. The van der Waals surface area contributed by atoms with Crippen LogP contribution < -0.4 is 24.8 Å².